The van der Waals surface area contributed by atoms with Crippen LogP contribution in [0.5, 0.6) is 28.7 Å². The molecule has 7 nitrogen and oxygen atoms in total. The number of azo groups is 1. The maximum Gasteiger partial charge on any atom is 0.180 e. The first-order valence-corrected chi connectivity index (χ1v) is 15.0. The summed E-state index contributed by atoms with van der Waals surface area (Å²) < 4.78 is 29.8. The first-order valence-electron chi connectivity index (χ1n) is 12.4. The summed E-state index contributed by atoms with van der Waals surface area (Å²) in [5, 5.41) is 12.6. The molecule has 0 N–H and O–H groups in total. The quantitative estimate of drug-likeness (QED) is 0.182. The maximum absolute atomic E-state index is 6.25. The van der Waals surface area contributed by atoms with Gasteiger partial charge in [-0.05, 0) is 42.5 Å². The van der Waals surface area contributed by atoms with Gasteiger partial charge in [0.05, 0.1) is 26.0 Å². The van der Waals surface area contributed by atoms with Gasteiger partial charge in [-0.25, -0.2) is 0 Å². The average Bonchev–Trinajstić information content (AvgIpc) is 3.72. The second kappa shape index (κ2) is 10.7. The molecule has 0 unspecified atom stereocenters. The van der Waals surface area contributed by atoms with Crippen LogP contribution in [0.1, 0.15) is 5.56 Å². The molecular formula is C29H22N2O5S3. The van der Waals surface area contributed by atoms with Crippen molar-refractivity contribution in [3.63, 3.8) is 0 Å². The minimum Gasteiger partial charge on any atom is -0.489 e. The minimum atomic E-state index is 0.398. The minimum absolute atomic E-state index is 0.398. The van der Waals surface area contributed by atoms with Crippen LogP contribution in [0, 0.1) is 0 Å². The number of benzene rings is 2. The summed E-state index contributed by atoms with van der Waals surface area (Å²) in [7, 11) is 0. The summed E-state index contributed by atoms with van der Waals surface area (Å²) in [5.41, 5.74) is 2.64. The summed E-state index contributed by atoms with van der Waals surface area (Å²) in [6.45, 7) is 2.63. The third kappa shape index (κ3) is 4.98. The van der Waals surface area contributed by atoms with Crippen LogP contribution in [0.4, 0.5) is 11.4 Å². The number of hydrogen-bond donors (Lipinski definition) is 0. The zero-order valence-corrected chi connectivity index (χ0v) is 23.1. The predicted molar refractivity (Wildman–Crippen MR) is 154 cm³/mol. The second-order valence-corrected chi connectivity index (χ2v) is 11.5. The molecule has 10 heteroatoms. The summed E-state index contributed by atoms with van der Waals surface area (Å²) >= 11 is 4.97. The van der Waals surface area contributed by atoms with Crippen LogP contribution in [0.15, 0.2) is 81.7 Å². The first kappa shape index (κ1) is 24.2. The van der Waals surface area contributed by atoms with E-state index < -0.39 is 0 Å². The Morgan fingerprint density at radius 3 is 2.00 bits per heavy atom. The second-order valence-electron chi connectivity index (χ2n) is 8.69. The molecule has 0 saturated carbocycles. The van der Waals surface area contributed by atoms with Gasteiger partial charge in [-0.15, -0.1) is 34.0 Å². The van der Waals surface area contributed by atoms with Crippen LogP contribution in [0.2, 0.25) is 0 Å². The van der Waals surface area contributed by atoms with Crippen molar-refractivity contribution in [2.45, 2.75) is 6.61 Å². The summed E-state index contributed by atoms with van der Waals surface area (Å²) in [5.74, 6) is 3.99. The van der Waals surface area contributed by atoms with Gasteiger partial charge < -0.3 is 23.7 Å². The highest BCUT2D eigenvalue weighted by Gasteiger charge is 2.27. The Morgan fingerprint density at radius 1 is 0.667 bits per heavy atom. The number of hydrogen-bond acceptors (Lipinski definition) is 10. The van der Waals surface area contributed by atoms with Crippen molar-refractivity contribution in [1.82, 2.24) is 0 Å². The molecule has 0 bridgehead atoms. The molecule has 0 radical (unpaired) electrons. The van der Waals surface area contributed by atoms with E-state index in [1.165, 1.54) is 0 Å². The third-order valence-corrected chi connectivity index (χ3v) is 9.51. The van der Waals surface area contributed by atoms with Crippen LogP contribution < -0.4 is 23.7 Å². The molecule has 7 rings (SSSR count). The Hall–Kier alpha value is -3.86. The lowest BCUT2D eigenvalue weighted by molar-refractivity contribution is 0.174. The van der Waals surface area contributed by atoms with E-state index in [-0.39, 0.29) is 0 Å². The highest BCUT2D eigenvalue weighted by Crippen LogP contribution is 2.53. The highest BCUT2D eigenvalue weighted by atomic mass is 32.1. The van der Waals surface area contributed by atoms with Crippen molar-refractivity contribution < 1.29 is 23.7 Å². The van der Waals surface area contributed by atoms with E-state index in [1.54, 1.807) is 34.0 Å². The molecule has 2 aliphatic rings. The molecule has 2 aliphatic heterocycles. The van der Waals surface area contributed by atoms with Gasteiger partial charge >= 0.3 is 0 Å². The molecule has 196 valence electrons. The van der Waals surface area contributed by atoms with E-state index in [0.717, 1.165) is 65.2 Å². The zero-order valence-electron chi connectivity index (χ0n) is 20.6. The fraction of sp³-hybridized carbons (Fsp3) is 0.172. The lowest BCUT2D eigenvalue weighted by Gasteiger charge is -2.16. The normalized spacial score (nSPS) is 14.1. The van der Waals surface area contributed by atoms with Gasteiger partial charge in [-0.1, -0.05) is 18.2 Å². The van der Waals surface area contributed by atoms with E-state index in [0.29, 0.717) is 33.0 Å². The van der Waals surface area contributed by atoms with Crippen LogP contribution in [-0.2, 0) is 6.61 Å². The number of fused-ring (bicyclic) bond motifs is 2. The van der Waals surface area contributed by atoms with Crippen molar-refractivity contribution in [2.24, 2.45) is 10.2 Å². The van der Waals surface area contributed by atoms with Gasteiger partial charge in [-0.3, -0.25) is 0 Å². The average molecular weight is 575 g/mol. The van der Waals surface area contributed by atoms with Crippen LogP contribution in [0.25, 0.3) is 19.5 Å². The van der Waals surface area contributed by atoms with Crippen LogP contribution >= 0.6 is 34.0 Å². The lowest BCUT2D eigenvalue weighted by atomic mass is 10.2. The molecule has 0 fully saturated rings. The third-order valence-electron chi connectivity index (χ3n) is 6.11. The van der Waals surface area contributed by atoms with E-state index in [4.69, 9.17) is 23.7 Å². The van der Waals surface area contributed by atoms with Crippen molar-refractivity contribution in [2.75, 3.05) is 26.4 Å². The molecule has 0 spiro atoms. The summed E-state index contributed by atoms with van der Waals surface area (Å²) in [6, 6.07) is 19.5. The molecule has 2 aromatic carbocycles. The number of nitrogens with zero attached hydrogens (tertiary/aromatic N) is 2. The van der Waals surface area contributed by atoms with E-state index in [2.05, 4.69) is 16.3 Å². The molecule has 3 aromatic heterocycles. The van der Waals surface area contributed by atoms with Gasteiger partial charge in [0, 0.05) is 21.2 Å². The molecule has 0 amide bonds. The molecule has 5 heterocycles. The van der Waals surface area contributed by atoms with Gasteiger partial charge in [0.1, 0.15) is 38.8 Å². The zero-order chi connectivity index (χ0) is 26.0. The monoisotopic (exact) mass is 574 g/mol. The van der Waals surface area contributed by atoms with Crippen molar-refractivity contribution in [3.8, 4) is 48.3 Å². The standard InChI is InChI=1S/C29H22N2O5S3/c1-2-4-19(5-3-1)30-31-20-6-8-21(9-7-20)36-15-18-14-24(28-25-22(16-37-28)32-10-12-34-25)39-27(18)29-26-23(17-38-29)33-11-13-35-26/h1-9,14,16-17H,10-13,15H2. The van der Waals surface area contributed by atoms with Crippen molar-refractivity contribution >= 4 is 45.4 Å². The smallest absolute Gasteiger partial charge is 0.180 e. The Kier molecular flexibility index (Phi) is 6.65. The largest absolute Gasteiger partial charge is 0.489 e. The molecule has 0 atom stereocenters. The Balaban J connectivity index is 1.16. The first-order chi connectivity index (χ1) is 19.3. The molecule has 5 aromatic rings. The predicted octanol–water partition coefficient (Wildman–Crippen LogP) is 8.74. The Labute approximate surface area is 236 Å². The maximum atomic E-state index is 6.25. The van der Waals surface area contributed by atoms with Gasteiger partial charge in [0.25, 0.3) is 0 Å². The van der Waals surface area contributed by atoms with Gasteiger partial charge in [0.15, 0.2) is 23.0 Å². The molecule has 39 heavy (non-hydrogen) atoms. The van der Waals surface area contributed by atoms with E-state index in [9.17, 15) is 0 Å². The molecule has 0 aliphatic carbocycles. The van der Waals surface area contributed by atoms with Crippen LogP contribution in [-0.4, -0.2) is 26.4 Å². The SMILES string of the molecule is c1ccc(N=Nc2ccc(OCc3cc(-c4scc5c4OCCO5)sc3-c3scc4c3OCCO4)cc2)cc1. The molecule has 0 saturated heterocycles. The van der Waals surface area contributed by atoms with Crippen LogP contribution in [0.3, 0.4) is 0 Å². The number of thiophene rings is 3. The van der Waals surface area contributed by atoms with Crippen molar-refractivity contribution in [1.29, 1.82) is 0 Å². The number of ether oxygens (including phenoxy) is 5. The summed E-state index contributed by atoms with van der Waals surface area (Å²) in [4.78, 5) is 4.33. The van der Waals surface area contributed by atoms with E-state index >= 15 is 0 Å². The topological polar surface area (TPSA) is 70.9 Å². The van der Waals surface area contributed by atoms with Gasteiger partial charge in [-0.2, -0.15) is 10.2 Å². The van der Waals surface area contributed by atoms with E-state index in [1.807, 2.05) is 65.4 Å². The summed E-state index contributed by atoms with van der Waals surface area (Å²) in [6.07, 6.45) is 0. The number of rotatable bonds is 7. The Morgan fingerprint density at radius 2 is 1.28 bits per heavy atom. The van der Waals surface area contributed by atoms with Gasteiger partial charge in [0.2, 0.25) is 0 Å². The lowest BCUT2D eigenvalue weighted by Crippen LogP contribution is -2.14. The molecular weight excluding hydrogens is 553 g/mol. The highest BCUT2D eigenvalue weighted by molar-refractivity contribution is 7.26. The fourth-order valence-electron chi connectivity index (χ4n) is 4.27. The van der Waals surface area contributed by atoms with Crippen molar-refractivity contribution in [3.05, 3.63) is 77.0 Å². The Bertz CT molecular complexity index is 1620. The fourth-order valence-corrected chi connectivity index (χ4v) is 7.60.